The molecule has 3 aromatic rings. The van der Waals surface area contributed by atoms with E-state index >= 15 is 0 Å². The van der Waals surface area contributed by atoms with Crippen molar-refractivity contribution >= 4 is 22.6 Å². The molecule has 0 spiro atoms. The highest BCUT2D eigenvalue weighted by Crippen LogP contribution is 2.30. The molecule has 182 valence electrons. The number of rotatable bonds is 5. The Kier molecular flexibility index (Phi) is 6.76. The lowest BCUT2D eigenvalue weighted by molar-refractivity contribution is -0.137. The average Bonchev–Trinajstić information content (AvgIpc) is 2.95. The second kappa shape index (κ2) is 9.59. The number of aromatic amines is 1. The molecular weight excluding hydrogens is 451 g/mol. The van der Waals surface area contributed by atoms with Crippen LogP contribution in [0.5, 0.6) is 0 Å². The summed E-state index contributed by atoms with van der Waals surface area (Å²) in [5, 5.41) is 9.92. The minimum absolute atomic E-state index is 0.114. The van der Waals surface area contributed by atoms with Gasteiger partial charge in [0.2, 0.25) is 11.8 Å². The van der Waals surface area contributed by atoms with Gasteiger partial charge in [-0.3, -0.25) is 24.7 Å². The van der Waals surface area contributed by atoms with Crippen LogP contribution in [0.25, 0.3) is 10.8 Å². The maximum atomic E-state index is 12.8. The first-order chi connectivity index (χ1) is 16.1. The highest BCUT2D eigenvalue weighted by Gasteiger charge is 2.30. The predicted octanol–water partition coefficient (Wildman–Crippen LogP) is 3.30. The van der Waals surface area contributed by atoms with Gasteiger partial charge in [0.1, 0.15) is 11.1 Å². The van der Waals surface area contributed by atoms with E-state index in [1.54, 1.807) is 13.8 Å². The SMILES string of the molecule is Cc1n[nH]c(=O)c2c(NC(=O)CN3CCCN(Cc4ccc(C(F)(F)F)cc4)CC3)oc(C)c12. The summed E-state index contributed by atoms with van der Waals surface area (Å²) >= 11 is 0. The summed E-state index contributed by atoms with van der Waals surface area (Å²) in [6.07, 6.45) is -3.52. The Labute approximate surface area is 193 Å². The van der Waals surface area contributed by atoms with E-state index in [4.69, 9.17) is 4.42 Å². The summed E-state index contributed by atoms with van der Waals surface area (Å²) in [5.74, 6) is 0.332. The van der Waals surface area contributed by atoms with Gasteiger partial charge in [-0.25, -0.2) is 5.10 Å². The number of aromatic nitrogens is 2. The molecule has 2 aromatic heterocycles. The highest BCUT2D eigenvalue weighted by molar-refractivity contribution is 6.01. The Morgan fingerprint density at radius 2 is 1.76 bits per heavy atom. The van der Waals surface area contributed by atoms with Crippen molar-refractivity contribution in [1.82, 2.24) is 20.0 Å². The number of anilines is 1. The fourth-order valence-corrected chi connectivity index (χ4v) is 4.30. The number of nitrogens with one attached hydrogen (secondary N) is 2. The minimum Gasteiger partial charge on any atom is -0.444 e. The molecule has 0 atom stereocenters. The molecule has 0 saturated carbocycles. The molecule has 11 heteroatoms. The van der Waals surface area contributed by atoms with Crippen LogP contribution in [0.3, 0.4) is 0 Å². The van der Waals surface area contributed by atoms with Gasteiger partial charge < -0.3 is 4.42 Å². The van der Waals surface area contributed by atoms with E-state index in [2.05, 4.69) is 20.4 Å². The Balaban J connectivity index is 1.34. The van der Waals surface area contributed by atoms with Gasteiger partial charge in [-0.05, 0) is 51.1 Å². The first-order valence-corrected chi connectivity index (χ1v) is 11.0. The number of alkyl halides is 3. The van der Waals surface area contributed by atoms with E-state index < -0.39 is 17.3 Å². The third-order valence-corrected chi connectivity index (χ3v) is 5.99. The number of hydrogen-bond donors (Lipinski definition) is 2. The van der Waals surface area contributed by atoms with Gasteiger partial charge in [0.25, 0.3) is 5.56 Å². The molecule has 8 nitrogen and oxygen atoms in total. The van der Waals surface area contributed by atoms with E-state index in [1.807, 2.05) is 4.90 Å². The first kappa shape index (κ1) is 24.0. The second-order valence-electron chi connectivity index (χ2n) is 8.52. The fraction of sp³-hybridized carbons (Fsp3) is 0.435. The lowest BCUT2D eigenvalue weighted by Crippen LogP contribution is -2.36. The molecular formula is C23H26F3N5O3. The summed E-state index contributed by atoms with van der Waals surface area (Å²) < 4.78 is 43.9. The maximum Gasteiger partial charge on any atom is 0.416 e. The number of aryl methyl sites for hydroxylation is 2. The van der Waals surface area contributed by atoms with Gasteiger partial charge in [-0.2, -0.15) is 18.3 Å². The monoisotopic (exact) mass is 477 g/mol. The molecule has 0 radical (unpaired) electrons. The number of halogens is 3. The Morgan fingerprint density at radius 3 is 2.47 bits per heavy atom. The summed E-state index contributed by atoms with van der Waals surface area (Å²) in [7, 11) is 0. The number of benzene rings is 1. The zero-order valence-electron chi connectivity index (χ0n) is 19.0. The minimum atomic E-state index is -4.34. The molecule has 2 N–H and O–H groups in total. The number of hydrogen-bond acceptors (Lipinski definition) is 6. The number of furan rings is 1. The number of carbonyl (C=O) groups excluding carboxylic acids is 1. The number of fused-ring (bicyclic) bond motifs is 1. The molecule has 0 bridgehead atoms. The number of nitrogens with zero attached hydrogens (tertiary/aromatic N) is 3. The maximum absolute atomic E-state index is 12.8. The first-order valence-electron chi connectivity index (χ1n) is 11.0. The van der Waals surface area contributed by atoms with E-state index in [-0.39, 0.29) is 23.7 Å². The van der Waals surface area contributed by atoms with Crippen LogP contribution in [0.15, 0.2) is 33.5 Å². The van der Waals surface area contributed by atoms with Crippen molar-refractivity contribution in [1.29, 1.82) is 0 Å². The zero-order valence-corrected chi connectivity index (χ0v) is 19.0. The van der Waals surface area contributed by atoms with Crippen LogP contribution in [-0.2, 0) is 17.5 Å². The van der Waals surface area contributed by atoms with Gasteiger partial charge >= 0.3 is 6.18 Å². The Bertz CT molecular complexity index is 1230. The van der Waals surface area contributed by atoms with Crippen molar-refractivity contribution < 1.29 is 22.4 Å². The normalized spacial score (nSPS) is 16.0. The zero-order chi connectivity index (χ0) is 24.5. The predicted molar refractivity (Wildman–Crippen MR) is 121 cm³/mol. The number of amides is 1. The van der Waals surface area contributed by atoms with Crippen molar-refractivity contribution in [3.05, 3.63) is 57.2 Å². The smallest absolute Gasteiger partial charge is 0.416 e. The van der Waals surface area contributed by atoms with Crippen molar-refractivity contribution in [2.45, 2.75) is 33.0 Å². The molecule has 1 aromatic carbocycles. The second-order valence-corrected chi connectivity index (χ2v) is 8.52. The summed E-state index contributed by atoms with van der Waals surface area (Å²) in [6, 6.07) is 5.22. The molecule has 0 unspecified atom stereocenters. The van der Waals surface area contributed by atoms with Gasteiger partial charge in [-0.1, -0.05) is 12.1 Å². The Morgan fingerprint density at radius 1 is 1.09 bits per heavy atom. The number of H-pyrrole nitrogens is 1. The van der Waals surface area contributed by atoms with Gasteiger partial charge in [0, 0.05) is 19.6 Å². The summed E-state index contributed by atoms with van der Waals surface area (Å²) in [4.78, 5) is 29.1. The summed E-state index contributed by atoms with van der Waals surface area (Å²) in [5.41, 5.74) is 0.338. The van der Waals surface area contributed by atoms with Crippen LogP contribution < -0.4 is 10.9 Å². The van der Waals surface area contributed by atoms with E-state index in [1.165, 1.54) is 12.1 Å². The van der Waals surface area contributed by atoms with Crippen LogP contribution in [0.2, 0.25) is 0 Å². The van der Waals surface area contributed by atoms with E-state index in [0.29, 0.717) is 43.0 Å². The van der Waals surface area contributed by atoms with Crippen molar-refractivity contribution in [2.75, 3.05) is 38.0 Å². The molecule has 34 heavy (non-hydrogen) atoms. The summed E-state index contributed by atoms with van der Waals surface area (Å²) in [6.45, 7) is 6.95. The van der Waals surface area contributed by atoms with Crippen LogP contribution in [0, 0.1) is 13.8 Å². The van der Waals surface area contributed by atoms with Gasteiger partial charge in [0.05, 0.1) is 23.2 Å². The van der Waals surface area contributed by atoms with E-state index in [0.717, 1.165) is 30.7 Å². The molecule has 1 aliphatic rings. The number of carbonyl (C=O) groups is 1. The molecule has 1 amide bonds. The molecule has 1 fully saturated rings. The van der Waals surface area contributed by atoms with Crippen molar-refractivity contribution in [3.63, 3.8) is 0 Å². The highest BCUT2D eigenvalue weighted by atomic mass is 19.4. The van der Waals surface area contributed by atoms with Crippen molar-refractivity contribution in [3.8, 4) is 0 Å². The van der Waals surface area contributed by atoms with Crippen LogP contribution >= 0.6 is 0 Å². The topological polar surface area (TPSA) is 94.5 Å². The quantitative estimate of drug-likeness (QED) is 0.586. The van der Waals surface area contributed by atoms with Gasteiger partial charge in [0.15, 0.2) is 0 Å². The molecule has 0 aliphatic carbocycles. The lowest BCUT2D eigenvalue weighted by atomic mass is 10.1. The van der Waals surface area contributed by atoms with Crippen molar-refractivity contribution in [2.24, 2.45) is 0 Å². The van der Waals surface area contributed by atoms with Crippen LogP contribution in [0.1, 0.15) is 29.0 Å². The fourth-order valence-electron chi connectivity index (χ4n) is 4.30. The Hall–Kier alpha value is -3.18. The van der Waals surface area contributed by atoms with E-state index in [9.17, 15) is 22.8 Å². The van der Waals surface area contributed by atoms with Crippen LogP contribution in [0.4, 0.5) is 19.1 Å². The third kappa shape index (κ3) is 5.31. The largest absolute Gasteiger partial charge is 0.444 e. The van der Waals surface area contributed by atoms with Crippen LogP contribution in [-0.4, -0.2) is 58.6 Å². The van der Waals surface area contributed by atoms with Gasteiger partial charge in [-0.15, -0.1) is 0 Å². The molecule has 3 heterocycles. The lowest BCUT2D eigenvalue weighted by Gasteiger charge is -2.21. The molecule has 1 saturated heterocycles. The molecule has 1 aliphatic heterocycles. The third-order valence-electron chi connectivity index (χ3n) is 5.99. The average molecular weight is 477 g/mol. The molecule has 4 rings (SSSR count). The standard InChI is InChI=1S/C23H26F3N5O3/c1-14-19-15(2)34-22(20(19)21(33)29-28-14)27-18(32)13-31-9-3-8-30(10-11-31)12-16-4-6-17(7-5-16)23(24,25)26/h4-7H,3,8-13H2,1-2H3,(H,27,32)(H,29,33).